The molecule has 92 valence electrons. The van der Waals surface area contributed by atoms with Crippen LogP contribution in [0.3, 0.4) is 0 Å². The number of benzene rings is 1. The van der Waals surface area contributed by atoms with Gasteiger partial charge < -0.3 is 11.1 Å². The van der Waals surface area contributed by atoms with E-state index in [-0.39, 0.29) is 17.9 Å². The van der Waals surface area contributed by atoms with Gasteiger partial charge in [-0.3, -0.25) is 4.79 Å². The Kier molecular flexibility index (Phi) is 4.39. The fourth-order valence-electron chi connectivity index (χ4n) is 2.29. The molecule has 0 aromatic heterocycles. The van der Waals surface area contributed by atoms with Crippen LogP contribution in [0.2, 0.25) is 0 Å². The first-order chi connectivity index (χ1) is 8.16. The fraction of sp³-hybridized carbons (Fsp3) is 0.462. The minimum atomic E-state index is -0.0263. The molecule has 2 rings (SSSR count). The average Bonchev–Trinajstić information content (AvgIpc) is 2.29. The molecule has 1 fully saturated rings. The van der Waals surface area contributed by atoms with Crippen molar-refractivity contribution in [3.05, 3.63) is 27.8 Å². The molecule has 0 saturated heterocycles. The van der Waals surface area contributed by atoms with E-state index in [4.69, 9.17) is 5.73 Å². The summed E-state index contributed by atoms with van der Waals surface area (Å²) in [6, 6.07) is 7.84. The Labute approximate surface area is 115 Å². The van der Waals surface area contributed by atoms with Crippen LogP contribution in [-0.2, 0) is 4.79 Å². The molecule has 2 unspecified atom stereocenters. The first kappa shape index (κ1) is 12.8. The second-order valence-electron chi connectivity index (χ2n) is 4.55. The summed E-state index contributed by atoms with van der Waals surface area (Å²) < 4.78 is 1.12. The summed E-state index contributed by atoms with van der Waals surface area (Å²) >= 11 is 2.23. The number of anilines is 1. The molecule has 1 aliphatic carbocycles. The molecule has 0 heterocycles. The number of carbonyl (C=O) groups excluding carboxylic acids is 1. The van der Waals surface area contributed by atoms with Crippen LogP contribution in [0.15, 0.2) is 24.3 Å². The minimum absolute atomic E-state index is 0.0199. The van der Waals surface area contributed by atoms with Crippen LogP contribution in [0, 0.1) is 9.49 Å². The zero-order chi connectivity index (χ0) is 12.3. The Morgan fingerprint density at radius 2 is 2.12 bits per heavy atom. The third-order valence-corrected chi connectivity index (χ3v) is 3.92. The largest absolute Gasteiger partial charge is 0.327 e. The van der Waals surface area contributed by atoms with E-state index in [9.17, 15) is 4.79 Å². The van der Waals surface area contributed by atoms with Gasteiger partial charge in [0.1, 0.15) is 0 Å². The highest BCUT2D eigenvalue weighted by Crippen LogP contribution is 2.24. The van der Waals surface area contributed by atoms with Gasteiger partial charge in [0.25, 0.3) is 0 Å². The van der Waals surface area contributed by atoms with E-state index >= 15 is 0 Å². The van der Waals surface area contributed by atoms with Crippen LogP contribution in [0.25, 0.3) is 0 Å². The van der Waals surface area contributed by atoms with Crippen molar-refractivity contribution in [2.45, 2.75) is 31.7 Å². The number of hydrogen-bond acceptors (Lipinski definition) is 2. The van der Waals surface area contributed by atoms with Gasteiger partial charge in [-0.2, -0.15) is 0 Å². The molecule has 0 spiro atoms. The number of rotatable bonds is 2. The van der Waals surface area contributed by atoms with E-state index in [2.05, 4.69) is 27.9 Å². The molecule has 0 bridgehead atoms. The first-order valence-electron chi connectivity index (χ1n) is 5.99. The zero-order valence-corrected chi connectivity index (χ0v) is 11.8. The van der Waals surface area contributed by atoms with Gasteiger partial charge in [0.2, 0.25) is 5.91 Å². The van der Waals surface area contributed by atoms with E-state index < -0.39 is 0 Å². The smallest absolute Gasteiger partial charge is 0.229 e. The number of nitrogens with one attached hydrogen (secondary N) is 1. The van der Waals surface area contributed by atoms with Crippen molar-refractivity contribution in [2.75, 3.05) is 5.32 Å². The Morgan fingerprint density at radius 1 is 1.35 bits per heavy atom. The average molecular weight is 344 g/mol. The number of halogens is 1. The summed E-state index contributed by atoms with van der Waals surface area (Å²) in [6.45, 7) is 0. The predicted octanol–water partition coefficient (Wildman–Crippen LogP) is 2.75. The number of nitrogens with two attached hydrogens (primary N) is 1. The van der Waals surface area contributed by atoms with Crippen molar-refractivity contribution in [2.24, 2.45) is 11.7 Å². The van der Waals surface area contributed by atoms with E-state index in [0.29, 0.717) is 0 Å². The van der Waals surface area contributed by atoms with Crippen LogP contribution < -0.4 is 11.1 Å². The van der Waals surface area contributed by atoms with Crippen molar-refractivity contribution >= 4 is 34.2 Å². The van der Waals surface area contributed by atoms with E-state index in [1.165, 1.54) is 0 Å². The molecule has 3 N–H and O–H groups in total. The molecule has 3 nitrogen and oxygen atoms in total. The van der Waals surface area contributed by atoms with Crippen molar-refractivity contribution in [3.63, 3.8) is 0 Å². The second kappa shape index (κ2) is 5.82. The SMILES string of the molecule is NC1CCCCC1C(=O)Nc1cccc(I)c1. The summed E-state index contributed by atoms with van der Waals surface area (Å²) in [5.74, 6) is 0.0424. The van der Waals surface area contributed by atoms with Gasteiger partial charge in [-0.1, -0.05) is 18.9 Å². The molecular weight excluding hydrogens is 327 g/mol. The lowest BCUT2D eigenvalue weighted by atomic mass is 9.84. The van der Waals surface area contributed by atoms with Gasteiger partial charge in [0.05, 0.1) is 5.92 Å². The van der Waals surface area contributed by atoms with Crippen molar-refractivity contribution in [3.8, 4) is 0 Å². The quantitative estimate of drug-likeness (QED) is 0.811. The number of amides is 1. The number of hydrogen-bond donors (Lipinski definition) is 2. The van der Waals surface area contributed by atoms with Gasteiger partial charge in [-0.05, 0) is 53.6 Å². The zero-order valence-electron chi connectivity index (χ0n) is 9.66. The molecule has 1 amide bonds. The molecule has 4 heteroatoms. The van der Waals surface area contributed by atoms with Crippen LogP contribution in [0.4, 0.5) is 5.69 Å². The molecule has 1 saturated carbocycles. The lowest BCUT2D eigenvalue weighted by Gasteiger charge is -2.27. The highest BCUT2D eigenvalue weighted by atomic mass is 127. The van der Waals surface area contributed by atoms with Gasteiger partial charge in [0.15, 0.2) is 0 Å². The summed E-state index contributed by atoms with van der Waals surface area (Å²) in [7, 11) is 0. The summed E-state index contributed by atoms with van der Waals surface area (Å²) in [5, 5.41) is 2.96. The molecule has 1 aliphatic rings. The monoisotopic (exact) mass is 344 g/mol. The Morgan fingerprint density at radius 3 is 2.82 bits per heavy atom. The molecule has 0 radical (unpaired) electrons. The Balaban J connectivity index is 2.01. The molecule has 0 aliphatic heterocycles. The fourth-order valence-corrected chi connectivity index (χ4v) is 2.83. The van der Waals surface area contributed by atoms with Crippen molar-refractivity contribution < 1.29 is 4.79 Å². The highest BCUT2D eigenvalue weighted by molar-refractivity contribution is 14.1. The first-order valence-corrected chi connectivity index (χ1v) is 7.07. The maximum atomic E-state index is 12.1. The summed E-state index contributed by atoms with van der Waals surface area (Å²) in [4.78, 5) is 12.1. The minimum Gasteiger partial charge on any atom is -0.327 e. The third kappa shape index (κ3) is 3.42. The highest BCUT2D eigenvalue weighted by Gasteiger charge is 2.28. The topological polar surface area (TPSA) is 55.1 Å². The molecule has 2 atom stereocenters. The van der Waals surface area contributed by atoms with Gasteiger partial charge in [-0.15, -0.1) is 0 Å². The standard InChI is InChI=1S/C13H17IN2O/c14-9-4-3-5-10(8-9)16-13(17)11-6-1-2-7-12(11)15/h3-5,8,11-12H,1-2,6-7,15H2,(H,16,17). The van der Waals surface area contributed by atoms with Crippen molar-refractivity contribution in [1.82, 2.24) is 0 Å². The van der Waals surface area contributed by atoms with Crippen LogP contribution in [-0.4, -0.2) is 11.9 Å². The van der Waals surface area contributed by atoms with Crippen molar-refractivity contribution in [1.29, 1.82) is 0 Å². The van der Waals surface area contributed by atoms with Gasteiger partial charge in [0, 0.05) is 15.3 Å². The maximum absolute atomic E-state index is 12.1. The normalized spacial score (nSPS) is 24.4. The number of carbonyl (C=O) groups is 1. The summed E-state index contributed by atoms with van der Waals surface area (Å²) in [5.41, 5.74) is 6.86. The molecule has 1 aromatic carbocycles. The Hall–Kier alpha value is -0.620. The lowest BCUT2D eigenvalue weighted by molar-refractivity contribution is -0.121. The maximum Gasteiger partial charge on any atom is 0.229 e. The van der Waals surface area contributed by atoms with E-state index in [0.717, 1.165) is 34.9 Å². The van der Waals surface area contributed by atoms with Crippen LogP contribution >= 0.6 is 22.6 Å². The molecule has 17 heavy (non-hydrogen) atoms. The molecule has 1 aromatic rings. The van der Waals surface area contributed by atoms with E-state index in [1.807, 2.05) is 24.3 Å². The lowest BCUT2D eigenvalue weighted by Crippen LogP contribution is -2.40. The molecular formula is C13H17IN2O. The second-order valence-corrected chi connectivity index (χ2v) is 5.80. The van der Waals surface area contributed by atoms with Crippen LogP contribution in [0.1, 0.15) is 25.7 Å². The van der Waals surface area contributed by atoms with E-state index in [1.54, 1.807) is 0 Å². The predicted molar refractivity (Wildman–Crippen MR) is 77.7 cm³/mol. The third-order valence-electron chi connectivity index (χ3n) is 3.25. The Bertz CT molecular complexity index is 408. The van der Waals surface area contributed by atoms with Gasteiger partial charge >= 0.3 is 0 Å². The van der Waals surface area contributed by atoms with Crippen LogP contribution in [0.5, 0.6) is 0 Å². The summed E-state index contributed by atoms with van der Waals surface area (Å²) in [6.07, 6.45) is 4.13. The van der Waals surface area contributed by atoms with Gasteiger partial charge in [-0.25, -0.2) is 0 Å².